The van der Waals surface area contributed by atoms with Crippen molar-refractivity contribution in [3.63, 3.8) is 0 Å². The average molecular weight is 744 g/mol. The van der Waals surface area contributed by atoms with E-state index in [-0.39, 0.29) is 36.6 Å². The quantitative estimate of drug-likeness (QED) is 0.158. The van der Waals surface area contributed by atoms with Crippen LogP contribution in [-0.4, -0.2) is 67.3 Å². The van der Waals surface area contributed by atoms with Gasteiger partial charge < -0.3 is 28.4 Å². The van der Waals surface area contributed by atoms with Gasteiger partial charge in [-0.1, -0.05) is 37.6 Å². The lowest BCUT2D eigenvalue weighted by Gasteiger charge is -2.26. The van der Waals surface area contributed by atoms with E-state index in [0.717, 1.165) is 33.8 Å². The number of benzene rings is 2. The highest BCUT2D eigenvalue weighted by atomic mass is 35.5. The van der Waals surface area contributed by atoms with Crippen LogP contribution in [0.2, 0.25) is 0 Å². The number of rotatable bonds is 12. The summed E-state index contributed by atoms with van der Waals surface area (Å²) in [4.78, 5) is 24.5. The van der Waals surface area contributed by atoms with Gasteiger partial charge in [-0.05, 0) is 79.8 Å². The third-order valence-corrected chi connectivity index (χ3v) is 11.0. The van der Waals surface area contributed by atoms with Gasteiger partial charge in [-0.25, -0.2) is 12.6 Å². The van der Waals surface area contributed by atoms with Gasteiger partial charge in [-0.2, -0.15) is 4.58 Å². The van der Waals surface area contributed by atoms with Gasteiger partial charge in [-0.15, -0.1) is 0 Å². The molecule has 0 spiro atoms. The van der Waals surface area contributed by atoms with Gasteiger partial charge in [0, 0.05) is 46.1 Å². The largest absolute Gasteiger partial charge is 0.744 e. The number of aliphatic carboxylic acids is 2. The predicted molar refractivity (Wildman–Crippen MR) is 186 cm³/mol. The molecule has 2 aromatic carbocycles. The Bertz CT molecular complexity index is 2080. The number of fused-ring (bicyclic) bond motifs is 2. The Balaban J connectivity index is 1.50. The molecule has 1 atom stereocenters. The summed E-state index contributed by atoms with van der Waals surface area (Å²) in [5.74, 6) is -1.81. The van der Waals surface area contributed by atoms with Crippen molar-refractivity contribution in [3.05, 3.63) is 93.7 Å². The molecule has 0 amide bonds. The Kier molecular flexibility index (Phi) is 10.3. The number of halogens is 1. The van der Waals surface area contributed by atoms with Crippen molar-refractivity contribution in [1.82, 2.24) is 0 Å². The molecule has 0 saturated heterocycles. The Hall–Kier alpha value is -4.08. The molecular weight excluding hydrogens is 708 g/mol. The summed E-state index contributed by atoms with van der Waals surface area (Å²) in [5.41, 5.74) is 4.51. The summed E-state index contributed by atoms with van der Waals surface area (Å²) in [6.07, 6.45) is 8.45. The van der Waals surface area contributed by atoms with Crippen LogP contribution in [0.25, 0.3) is 0 Å². The van der Waals surface area contributed by atoms with Crippen LogP contribution in [0.5, 0.6) is 5.75 Å². The van der Waals surface area contributed by atoms with E-state index in [4.69, 9.17) is 15.8 Å². The summed E-state index contributed by atoms with van der Waals surface area (Å²) in [6.45, 7) is 7.98. The minimum Gasteiger partial charge on any atom is -0.744 e. The summed E-state index contributed by atoms with van der Waals surface area (Å²) in [5, 5.41) is 19.4. The fourth-order valence-electron chi connectivity index (χ4n) is 6.86. The molecular formula is C35H36ClN2O10S2-. The first-order valence-corrected chi connectivity index (χ1v) is 18.5. The van der Waals surface area contributed by atoms with E-state index in [1.165, 1.54) is 24.3 Å². The molecule has 0 aromatic heterocycles. The zero-order valence-corrected chi connectivity index (χ0v) is 30.2. The lowest BCUT2D eigenvalue weighted by molar-refractivity contribution is -0.436. The van der Waals surface area contributed by atoms with Gasteiger partial charge in [0.15, 0.2) is 12.3 Å². The molecule has 266 valence electrons. The number of carboxylic acids is 2. The van der Waals surface area contributed by atoms with Crippen LogP contribution in [0.4, 0.5) is 11.4 Å². The minimum atomic E-state index is -4.71. The van der Waals surface area contributed by atoms with E-state index >= 15 is 0 Å². The summed E-state index contributed by atoms with van der Waals surface area (Å²) >= 11 is 4.16. The monoisotopic (exact) mass is 743 g/mol. The van der Waals surface area contributed by atoms with Crippen LogP contribution < -0.4 is 9.08 Å². The van der Waals surface area contributed by atoms with Crippen molar-refractivity contribution in [2.24, 2.45) is 0 Å². The van der Waals surface area contributed by atoms with E-state index in [9.17, 15) is 41.5 Å². The van der Waals surface area contributed by atoms with Gasteiger partial charge in [0.2, 0.25) is 5.69 Å². The van der Waals surface area contributed by atoms with Gasteiger partial charge in [0.1, 0.15) is 33.6 Å². The fourth-order valence-corrected chi connectivity index (χ4v) is 7.93. The lowest BCUT2D eigenvalue weighted by atomic mass is 9.81. The van der Waals surface area contributed by atoms with Crippen LogP contribution >= 0.6 is 11.6 Å². The van der Waals surface area contributed by atoms with Crippen molar-refractivity contribution < 1.29 is 50.3 Å². The minimum absolute atomic E-state index is 0.124. The van der Waals surface area contributed by atoms with Crippen LogP contribution in [-0.2, 0) is 41.9 Å². The highest BCUT2D eigenvalue weighted by Crippen LogP contribution is 2.49. The SMILES string of the molecule is CC1(C)C(/C=C/C2=C(Cl)C(=C/C=C3/N(CCC(=O)O)c4ccc(S(=O)(=O)[O-])cc4C3(C)C)/CC2)=[N+](CCC(=O)O)c2ccc(OS(=O)[O-])cc21. The molecule has 2 heterocycles. The standard InChI is InChI=1S/C35H37ClN2O10S2/c1-34(2)25-19-23(48-49(43)44)9-11-27(25)37(17-15-31(39)40)29(34)13-7-21-5-6-22(33(21)36)8-14-30-35(3,4)26-20-24(50(45,46)47)10-12-28(26)38(30)18-16-32(41)42/h7-14,19-20H,5-6,15-18H2,1-4H3,(H3-,39,40,41,42,43,44,45,46,47)/p-1. The number of nitrogens with zero attached hydrogens (tertiary/aromatic N) is 2. The third kappa shape index (κ3) is 7.35. The van der Waals surface area contributed by atoms with E-state index in [1.807, 2.05) is 61.5 Å². The van der Waals surface area contributed by atoms with E-state index in [1.54, 1.807) is 12.1 Å². The van der Waals surface area contributed by atoms with Crippen LogP contribution in [0.3, 0.4) is 0 Å². The van der Waals surface area contributed by atoms with Crippen LogP contribution in [0.1, 0.15) is 64.5 Å². The molecule has 50 heavy (non-hydrogen) atoms. The maximum absolute atomic E-state index is 11.8. The average Bonchev–Trinajstić information content (AvgIpc) is 3.55. The predicted octanol–water partition coefficient (Wildman–Crippen LogP) is 5.54. The Morgan fingerprint density at radius 3 is 2.34 bits per heavy atom. The second-order valence-corrected chi connectivity index (χ2v) is 15.6. The van der Waals surface area contributed by atoms with Gasteiger partial charge in [0.25, 0.3) is 0 Å². The van der Waals surface area contributed by atoms with Crippen LogP contribution in [0.15, 0.2) is 87.5 Å². The van der Waals surface area contributed by atoms with Crippen molar-refractivity contribution in [2.75, 3.05) is 18.0 Å². The summed E-state index contributed by atoms with van der Waals surface area (Å²) in [7, 11) is -4.71. The van der Waals surface area contributed by atoms with Crippen molar-refractivity contribution >= 4 is 62.1 Å². The number of anilines is 1. The Morgan fingerprint density at radius 2 is 1.70 bits per heavy atom. The lowest BCUT2D eigenvalue weighted by Crippen LogP contribution is -2.28. The molecule has 1 unspecified atom stereocenters. The Morgan fingerprint density at radius 1 is 1.00 bits per heavy atom. The maximum Gasteiger partial charge on any atom is 0.309 e. The van der Waals surface area contributed by atoms with Gasteiger partial charge >= 0.3 is 11.9 Å². The summed E-state index contributed by atoms with van der Waals surface area (Å²) < 4.78 is 64.5. The number of hydrogen-bond donors (Lipinski definition) is 2. The third-order valence-electron chi connectivity index (χ3n) is 9.39. The van der Waals surface area contributed by atoms with Crippen LogP contribution in [0, 0.1) is 0 Å². The fraction of sp³-hybridized carbons (Fsp3) is 0.343. The molecule has 15 heteroatoms. The summed E-state index contributed by atoms with van der Waals surface area (Å²) in [6, 6.07) is 8.98. The van der Waals surface area contributed by atoms with Crippen molar-refractivity contribution in [1.29, 1.82) is 0 Å². The maximum atomic E-state index is 11.8. The first-order valence-electron chi connectivity index (χ1n) is 15.7. The number of allylic oxidation sites excluding steroid dienone is 8. The normalized spacial score (nSPS) is 20.3. The molecule has 2 aliphatic heterocycles. The zero-order valence-electron chi connectivity index (χ0n) is 27.8. The van der Waals surface area contributed by atoms with Gasteiger partial charge in [-0.3, -0.25) is 9.59 Å². The second kappa shape index (κ2) is 13.9. The van der Waals surface area contributed by atoms with Crippen molar-refractivity contribution in [3.8, 4) is 5.75 Å². The molecule has 0 saturated carbocycles. The van der Waals surface area contributed by atoms with Crippen molar-refractivity contribution in [2.45, 2.75) is 69.1 Å². The molecule has 0 bridgehead atoms. The molecule has 2 N–H and O–H groups in total. The molecule has 0 fully saturated rings. The Labute approximate surface area is 298 Å². The first-order chi connectivity index (χ1) is 23.3. The van der Waals surface area contributed by atoms with E-state index < -0.39 is 44.2 Å². The smallest absolute Gasteiger partial charge is 0.309 e. The molecule has 2 aromatic rings. The molecule has 5 rings (SSSR count). The number of carboxylic acid groups (broad SMARTS) is 2. The van der Waals surface area contributed by atoms with E-state index in [2.05, 4.69) is 0 Å². The molecule has 1 aliphatic carbocycles. The molecule has 0 radical (unpaired) electrons. The number of hydrogen-bond acceptors (Lipinski definition) is 9. The second-order valence-electron chi connectivity index (χ2n) is 13.2. The molecule has 3 aliphatic rings. The first kappa shape index (κ1) is 37.2. The molecule has 12 nitrogen and oxygen atoms in total. The van der Waals surface area contributed by atoms with E-state index in [0.29, 0.717) is 29.1 Å². The topological polar surface area (TPSA) is 187 Å². The highest BCUT2D eigenvalue weighted by molar-refractivity contribution is 7.85. The van der Waals surface area contributed by atoms with Gasteiger partial charge in [0.05, 0.1) is 16.7 Å². The number of carbonyl (C=O) groups is 2. The highest BCUT2D eigenvalue weighted by Gasteiger charge is 2.45. The zero-order chi connectivity index (χ0) is 36.8.